The van der Waals surface area contributed by atoms with Crippen molar-refractivity contribution in [2.45, 2.75) is 52.1 Å². The minimum absolute atomic E-state index is 0.294. The Balaban J connectivity index is 2.34. The molecular weight excluding hydrogens is 218 g/mol. The normalized spacial score (nSPS) is 25.6. The first-order chi connectivity index (χ1) is 7.94. The molecule has 4 nitrogen and oxygen atoms in total. The van der Waals surface area contributed by atoms with Gasteiger partial charge in [0.15, 0.2) is 0 Å². The predicted molar refractivity (Wildman–Crippen MR) is 66.1 cm³/mol. The van der Waals surface area contributed by atoms with Crippen molar-refractivity contribution >= 4 is 6.41 Å². The number of carbonyl (C=O) groups is 1. The number of aliphatic hydroxyl groups excluding tert-OH is 1. The van der Waals surface area contributed by atoms with Crippen LogP contribution in [0.1, 0.15) is 46.5 Å². The van der Waals surface area contributed by atoms with Crippen LogP contribution >= 0.6 is 0 Å². The first-order valence-corrected chi connectivity index (χ1v) is 6.46. The summed E-state index contributed by atoms with van der Waals surface area (Å²) in [5, 5.41) is 10.5. The zero-order valence-electron chi connectivity index (χ0n) is 11.2. The summed E-state index contributed by atoms with van der Waals surface area (Å²) in [6, 6.07) is 0. The van der Waals surface area contributed by atoms with Crippen molar-refractivity contribution in [2.24, 2.45) is 11.8 Å². The quantitative estimate of drug-likeness (QED) is 0.593. The first-order valence-electron chi connectivity index (χ1n) is 6.46. The maximum atomic E-state index is 10.9. The Labute approximate surface area is 104 Å². The van der Waals surface area contributed by atoms with Gasteiger partial charge in [0, 0.05) is 6.61 Å². The monoisotopic (exact) mass is 243 g/mol. The van der Waals surface area contributed by atoms with Gasteiger partial charge < -0.3 is 5.11 Å². The highest BCUT2D eigenvalue weighted by Crippen LogP contribution is 2.29. The lowest BCUT2D eigenvalue weighted by Gasteiger charge is -2.32. The fourth-order valence-electron chi connectivity index (χ4n) is 2.30. The summed E-state index contributed by atoms with van der Waals surface area (Å²) in [5.41, 5.74) is -0.330. The van der Waals surface area contributed by atoms with Crippen LogP contribution in [0.5, 0.6) is 0 Å². The molecule has 1 amide bonds. The molecule has 0 spiro atoms. The molecule has 0 aromatic heterocycles. The van der Waals surface area contributed by atoms with E-state index in [4.69, 9.17) is 9.94 Å². The molecule has 4 heteroatoms. The van der Waals surface area contributed by atoms with Crippen LogP contribution in [0.2, 0.25) is 0 Å². The van der Waals surface area contributed by atoms with Gasteiger partial charge in [-0.1, -0.05) is 0 Å². The Hall–Kier alpha value is -0.610. The van der Waals surface area contributed by atoms with Gasteiger partial charge >= 0.3 is 0 Å². The van der Waals surface area contributed by atoms with E-state index in [-0.39, 0.29) is 5.60 Å². The Morgan fingerprint density at radius 3 is 2.18 bits per heavy atom. The van der Waals surface area contributed by atoms with E-state index in [2.05, 4.69) is 0 Å². The van der Waals surface area contributed by atoms with Crippen LogP contribution in [-0.2, 0) is 9.63 Å². The van der Waals surface area contributed by atoms with E-state index in [1.165, 1.54) is 5.06 Å². The third-order valence-corrected chi connectivity index (χ3v) is 3.17. The SMILES string of the molecule is CC(C)(C)ON(C=O)CC1CCC(CO)CC1. The van der Waals surface area contributed by atoms with Crippen molar-refractivity contribution < 1.29 is 14.7 Å². The summed E-state index contributed by atoms with van der Waals surface area (Å²) in [7, 11) is 0. The fourth-order valence-corrected chi connectivity index (χ4v) is 2.30. The van der Waals surface area contributed by atoms with Gasteiger partial charge in [0.1, 0.15) is 0 Å². The standard InChI is InChI=1S/C13H25NO3/c1-13(2,3)17-14(10-16)8-11-4-6-12(9-15)7-5-11/h10-12,15H,4-9H2,1-3H3. The van der Waals surface area contributed by atoms with E-state index >= 15 is 0 Å². The van der Waals surface area contributed by atoms with Crippen molar-refractivity contribution in [1.29, 1.82) is 0 Å². The summed E-state index contributed by atoms with van der Waals surface area (Å²) in [6.45, 7) is 6.77. The number of rotatable bonds is 5. The minimum Gasteiger partial charge on any atom is -0.396 e. The lowest BCUT2D eigenvalue weighted by molar-refractivity contribution is -0.220. The molecule has 1 N–H and O–H groups in total. The molecular formula is C13H25NO3. The molecule has 1 aliphatic carbocycles. The maximum absolute atomic E-state index is 10.9. The van der Waals surface area contributed by atoms with E-state index in [0.717, 1.165) is 32.1 Å². The molecule has 1 saturated carbocycles. The number of amides is 1. The van der Waals surface area contributed by atoms with E-state index in [9.17, 15) is 4.79 Å². The van der Waals surface area contributed by atoms with Gasteiger partial charge in [-0.25, -0.2) is 5.06 Å². The highest BCUT2D eigenvalue weighted by atomic mass is 16.7. The molecule has 1 rings (SSSR count). The number of hydrogen-bond acceptors (Lipinski definition) is 3. The smallest absolute Gasteiger partial charge is 0.233 e. The molecule has 100 valence electrons. The van der Waals surface area contributed by atoms with Crippen LogP contribution in [0.15, 0.2) is 0 Å². The molecule has 0 aliphatic heterocycles. The van der Waals surface area contributed by atoms with Crippen LogP contribution in [0, 0.1) is 11.8 Å². The molecule has 0 aromatic rings. The Bertz CT molecular complexity index is 229. The molecule has 1 aliphatic rings. The van der Waals surface area contributed by atoms with Crippen molar-refractivity contribution in [3.05, 3.63) is 0 Å². The molecule has 0 heterocycles. The molecule has 0 bridgehead atoms. The molecule has 1 fully saturated rings. The average molecular weight is 243 g/mol. The number of hydroxylamine groups is 2. The summed E-state index contributed by atoms with van der Waals surface area (Å²) >= 11 is 0. The summed E-state index contributed by atoms with van der Waals surface area (Å²) in [4.78, 5) is 16.5. The molecule has 17 heavy (non-hydrogen) atoms. The van der Waals surface area contributed by atoms with Crippen LogP contribution in [0.3, 0.4) is 0 Å². The number of hydrogen-bond donors (Lipinski definition) is 1. The highest BCUT2D eigenvalue weighted by Gasteiger charge is 2.24. The number of carbonyl (C=O) groups excluding carboxylic acids is 1. The Morgan fingerprint density at radius 1 is 1.24 bits per heavy atom. The zero-order valence-corrected chi connectivity index (χ0v) is 11.2. The van der Waals surface area contributed by atoms with E-state index < -0.39 is 0 Å². The lowest BCUT2D eigenvalue weighted by Crippen LogP contribution is -2.37. The van der Waals surface area contributed by atoms with Gasteiger partial charge in [-0.15, -0.1) is 0 Å². The third-order valence-electron chi connectivity index (χ3n) is 3.17. The van der Waals surface area contributed by atoms with E-state index in [1.54, 1.807) is 0 Å². The second-order valence-corrected chi connectivity index (χ2v) is 5.98. The molecule has 0 unspecified atom stereocenters. The van der Waals surface area contributed by atoms with E-state index in [1.807, 2.05) is 20.8 Å². The highest BCUT2D eigenvalue weighted by molar-refractivity contribution is 5.45. The van der Waals surface area contributed by atoms with Gasteiger partial charge in [0.2, 0.25) is 6.41 Å². The topological polar surface area (TPSA) is 49.8 Å². The Kier molecular flexibility index (Phi) is 5.40. The van der Waals surface area contributed by atoms with E-state index in [0.29, 0.717) is 25.0 Å². The zero-order chi connectivity index (χ0) is 12.9. The van der Waals surface area contributed by atoms with Crippen LogP contribution < -0.4 is 0 Å². The van der Waals surface area contributed by atoms with Gasteiger partial charge in [-0.2, -0.15) is 0 Å². The number of nitrogens with zero attached hydrogens (tertiary/aromatic N) is 1. The lowest BCUT2D eigenvalue weighted by atomic mass is 9.82. The molecule has 0 atom stereocenters. The first kappa shape index (κ1) is 14.5. The van der Waals surface area contributed by atoms with Crippen LogP contribution in [0.25, 0.3) is 0 Å². The van der Waals surface area contributed by atoms with Gasteiger partial charge in [0.25, 0.3) is 0 Å². The average Bonchev–Trinajstić information content (AvgIpc) is 2.27. The summed E-state index contributed by atoms with van der Waals surface area (Å²) in [6.07, 6.45) is 5.03. The second-order valence-electron chi connectivity index (χ2n) is 5.98. The van der Waals surface area contributed by atoms with Crippen molar-refractivity contribution in [3.8, 4) is 0 Å². The predicted octanol–water partition coefficient (Wildman–Crippen LogP) is 1.97. The molecule has 0 aromatic carbocycles. The summed E-state index contributed by atoms with van der Waals surface area (Å²) in [5.74, 6) is 0.963. The largest absolute Gasteiger partial charge is 0.396 e. The number of aliphatic hydroxyl groups is 1. The van der Waals surface area contributed by atoms with Crippen molar-refractivity contribution in [2.75, 3.05) is 13.2 Å². The van der Waals surface area contributed by atoms with Gasteiger partial charge in [-0.3, -0.25) is 9.63 Å². The minimum atomic E-state index is -0.330. The van der Waals surface area contributed by atoms with Crippen LogP contribution in [0.4, 0.5) is 0 Å². The second kappa shape index (κ2) is 6.36. The fraction of sp³-hybridized carbons (Fsp3) is 0.923. The summed E-state index contributed by atoms with van der Waals surface area (Å²) < 4.78 is 0. The molecule has 0 saturated heterocycles. The Morgan fingerprint density at radius 2 is 1.76 bits per heavy atom. The molecule has 0 radical (unpaired) electrons. The maximum Gasteiger partial charge on any atom is 0.233 e. The van der Waals surface area contributed by atoms with Crippen LogP contribution in [-0.4, -0.2) is 35.3 Å². The van der Waals surface area contributed by atoms with Gasteiger partial charge in [0.05, 0.1) is 12.1 Å². The van der Waals surface area contributed by atoms with Gasteiger partial charge in [-0.05, 0) is 58.3 Å². The third kappa shape index (κ3) is 5.50. The van der Waals surface area contributed by atoms with Crippen molar-refractivity contribution in [3.63, 3.8) is 0 Å². The van der Waals surface area contributed by atoms with Crippen molar-refractivity contribution in [1.82, 2.24) is 5.06 Å².